The van der Waals surface area contributed by atoms with E-state index < -0.39 is 97.5 Å². The van der Waals surface area contributed by atoms with Crippen molar-refractivity contribution in [3.63, 3.8) is 0 Å². The second-order valence-electron chi connectivity index (χ2n) is 25.8. The minimum Gasteiger partial charge on any atom is -0.462 e. The molecule has 3 N–H and O–H groups in total. The summed E-state index contributed by atoms with van der Waals surface area (Å²) < 4.78 is 68.2. The lowest BCUT2D eigenvalue weighted by molar-refractivity contribution is -0.161. The number of hydrogen-bond donors (Lipinski definition) is 3. The van der Waals surface area contributed by atoms with Crippen LogP contribution < -0.4 is 0 Å². The second kappa shape index (κ2) is 62.2. The van der Waals surface area contributed by atoms with E-state index in [0.29, 0.717) is 25.7 Å². The predicted octanol–water partition coefficient (Wildman–Crippen LogP) is 20.0. The minimum absolute atomic E-state index is 0.103. The minimum atomic E-state index is -4.95. The van der Waals surface area contributed by atoms with Crippen LogP contribution in [0.4, 0.5) is 0 Å². The zero-order valence-electron chi connectivity index (χ0n) is 57.7. The van der Waals surface area contributed by atoms with Crippen LogP contribution in [0.1, 0.15) is 356 Å². The van der Waals surface area contributed by atoms with Gasteiger partial charge in [0, 0.05) is 25.7 Å². The van der Waals surface area contributed by atoms with Crippen LogP contribution >= 0.6 is 15.6 Å². The van der Waals surface area contributed by atoms with Crippen molar-refractivity contribution in [2.24, 2.45) is 11.8 Å². The monoisotopic (exact) mass is 1310 g/mol. The second-order valence-corrected chi connectivity index (χ2v) is 28.7. The Kier molecular flexibility index (Phi) is 60.8. The number of carbonyl (C=O) groups excluding carboxylic acids is 4. The first-order valence-electron chi connectivity index (χ1n) is 36.6. The first-order chi connectivity index (χ1) is 42.9. The molecular formula is C70H136O17P2. The van der Waals surface area contributed by atoms with Crippen LogP contribution in [0, 0.1) is 11.8 Å². The fraction of sp³-hybridized carbons (Fsp3) is 0.943. The summed E-state index contributed by atoms with van der Waals surface area (Å²) >= 11 is 0. The van der Waals surface area contributed by atoms with Crippen molar-refractivity contribution in [1.82, 2.24) is 0 Å². The standard InChI is InChI=1S/C70H136O17P2/c1-7-11-13-15-17-19-21-22-23-24-25-26-27-29-35-42-48-54-69(74)86-65(58-81-68(73)53-47-41-34-31-30-32-38-44-50-62(5)9-3)60-84-88(76,77)82-56-64(71)57-83-89(78,79)85-61-66(87-70(75)55-49-43-37-36-39-45-51-63(6)10-4)59-80-67(72)52-46-40-33-28-20-18-16-14-12-8-2/h62-66,71H,7-61H2,1-6H3,(H,76,77)(H,78,79)/t62?,63?,64-,65-,66-/m1/s1. The third-order valence-electron chi connectivity index (χ3n) is 16.9. The van der Waals surface area contributed by atoms with Gasteiger partial charge in [-0.1, -0.05) is 305 Å². The van der Waals surface area contributed by atoms with Gasteiger partial charge in [-0.3, -0.25) is 37.3 Å². The highest BCUT2D eigenvalue weighted by Crippen LogP contribution is 2.45. The zero-order valence-corrected chi connectivity index (χ0v) is 59.5. The van der Waals surface area contributed by atoms with Gasteiger partial charge in [-0.25, -0.2) is 9.13 Å². The Morgan fingerprint density at radius 1 is 0.315 bits per heavy atom. The van der Waals surface area contributed by atoms with Gasteiger partial charge >= 0.3 is 39.5 Å². The Labute approximate surface area is 543 Å². The topological polar surface area (TPSA) is 237 Å². The van der Waals surface area contributed by atoms with Crippen molar-refractivity contribution in [3.8, 4) is 0 Å². The molecule has 0 amide bonds. The van der Waals surface area contributed by atoms with Crippen LogP contribution in [0.25, 0.3) is 0 Å². The average Bonchev–Trinajstić information content (AvgIpc) is 3.58. The van der Waals surface area contributed by atoms with Gasteiger partial charge in [-0.15, -0.1) is 0 Å². The molecule has 0 rings (SSSR count). The number of carbonyl (C=O) groups is 4. The number of aliphatic hydroxyl groups excluding tert-OH is 1. The van der Waals surface area contributed by atoms with Gasteiger partial charge in [-0.05, 0) is 37.5 Å². The molecule has 528 valence electrons. The molecule has 0 aromatic carbocycles. The van der Waals surface area contributed by atoms with E-state index in [1.54, 1.807) is 0 Å². The SMILES string of the molecule is CCCCCCCCCCCCCCCCCCCC(=O)O[C@H](COC(=O)CCCCCCCCCCC(C)CC)COP(=O)(O)OC[C@@H](O)COP(=O)(O)OC[C@@H](COC(=O)CCCCCCCCCCCC)OC(=O)CCCCCCCCC(C)CC. The van der Waals surface area contributed by atoms with Crippen LogP contribution in [0.5, 0.6) is 0 Å². The van der Waals surface area contributed by atoms with E-state index in [1.807, 2.05) is 0 Å². The lowest BCUT2D eigenvalue weighted by atomic mass is 9.99. The number of unbranched alkanes of at least 4 members (excludes halogenated alkanes) is 37. The Hall–Kier alpha value is -1.94. The highest BCUT2D eigenvalue weighted by molar-refractivity contribution is 7.47. The summed E-state index contributed by atoms with van der Waals surface area (Å²) in [5.41, 5.74) is 0. The van der Waals surface area contributed by atoms with Crippen LogP contribution in [-0.2, 0) is 65.4 Å². The van der Waals surface area contributed by atoms with Gasteiger partial charge in [0.05, 0.1) is 26.4 Å². The Morgan fingerprint density at radius 3 is 0.798 bits per heavy atom. The van der Waals surface area contributed by atoms with Crippen LogP contribution in [0.3, 0.4) is 0 Å². The molecular weight excluding hydrogens is 1170 g/mol. The molecule has 19 heteroatoms. The smallest absolute Gasteiger partial charge is 0.462 e. The molecule has 0 radical (unpaired) electrons. The molecule has 0 saturated heterocycles. The number of esters is 4. The summed E-state index contributed by atoms with van der Waals surface area (Å²) in [6, 6.07) is 0. The molecule has 0 aliphatic rings. The Balaban J connectivity index is 5.23. The fourth-order valence-corrected chi connectivity index (χ4v) is 12.1. The predicted molar refractivity (Wildman–Crippen MR) is 358 cm³/mol. The molecule has 0 spiro atoms. The summed E-state index contributed by atoms with van der Waals surface area (Å²) in [7, 11) is -9.90. The zero-order chi connectivity index (χ0) is 65.7. The number of phosphoric ester groups is 2. The molecule has 4 unspecified atom stereocenters. The van der Waals surface area contributed by atoms with Gasteiger partial charge in [0.15, 0.2) is 12.2 Å². The summed E-state index contributed by atoms with van der Waals surface area (Å²) in [5, 5.41) is 10.6. The van der Waals surface area contributed by atoms with Crippen molar-refractivity contribution < 1.29 is 80.2 Å². The highest BCUT2D eigenvalue weighted by atomic mass is 31.2. The quantitative estimate of drug-likeness (QED) is 0.0222. The molecule has 7 atom stereocenters. The number of aliphatic hydroxyl groups is 1. The first-order valence-corrected chi connectivity index (χ1v) is 39.6. The number of hydrogen-bond acceptors (Lipinski definition) is 15. The van der Waals surface area contributed by atoms with E-state index in [1.165, 1.54) is 173 Å². The Bertz CT molecular complexity index is 1740. The molecule has 89 heavy (non-hydrogen) atoms. The van der Waals surface area contributed by atoms with E-state index >= 15 is 0 Å². The third kappa shape index (κ3) is 62.0. The lowest BCUT2D eigenvalue weighted by Gasteiger charge is -2.21. The summed E-state index contributed by atoms with van der Waals surface area (Å²) in [6.07, 6.45) is 47.2. The number of phosphoric acid groups is 2. The number of rotatable bonds is 69. The number of ether oxygens (including phenoxy) is 4. The fourth-order valence-electron chi connectivity index (χ4n) is 10.5. The lowest BCUT2D eigenvalue weighted by Crippen LogP contribution is -2.30. The molecule has 0 saturated carbocycles. The maximum absolute atomic E-state index is 13.0. The van der Waals surface area contributed by atoms with Gasteiger partial charge in [-0.2, -0.15) is 0 Å². The maximum atomic E-state index is 13.0. The van der Waals surface area contributed by atoms with E-state index in [-0.39, 0.29) is 25.7 Å². The van der Waals surface area contributed by atoms with Gasteiger partial charge in [0.1, 0.15) is 19.3 Å². The van der Waals surface area contributed by atoms with Gasteiger partial charge in [0.2, 0.25) is 0 Å². The van der Waals surface area contributed by atoms with Crippen molar-refractivity contribution in [2.75, 3.05) is 39.6 Å². The van der Waals surface area contributed by atoms with Gasteiger partial charge < -0.3 is 33.8 Å². The molecule has 0 aliphatic carbocycles. The molecule has 0 fully saturated rings. The van der Waals surface area contributed by atoms with Crippen LogP contribution in [-0.4, -0.2) is 96.7 Å². The van der Waals surface area contributed by atoms with E-state index in [9.17, 15) is 43.2 Å². The molecule has 0 aromatic rings. The summed E-state index contributed by atoms with van der Waals surface area (Å²) in [6.45, 7) is 9.50. The highest BCUT2D eigenvalue weighted by Gasteiger charge is 2.30. The van der Waals surface area contributed by atoms with Crippen LogP contribution in [0.15, 0.2) is 0 Å². The molecule has 0 aliphatic heterocycles. The van der Waals surface area contributed by atoms with Gasteiger partial charge in [0.25, 0.3) is 0 Å². The molecule has 17 nitrogen and oxygen atoms in total. The molecule has 0 heterocycles. The van der Waals surface area contributed by atoms with E-state index in [4.69, 9.17) is 37.0 Å². The van der Waals surface area contributed by atoms with E-state index in [2.05, 4.69) is 41.5 Å². The van der Waals surface area contributed by atoms with Crippen molar-refractivity contribution in [1.29, 1.82) is 0 Å². The summed E-state index contributed by atoms with van der Waals surface area (Å²) in [4.78, 5) is 72.5. The van der Waals surface area contributed by atoms with Crippen molar-refractivity contribution >= 4 is 39.5 Å². The average molecular weight is 1310 g/mol. The summed E-state index contributed by atoms with van der Waals surface area (Å²) in [5.74, 6) is -0.629. The maximum Gasteiger partial charge on any atom is 0.472 e. The third-order valence-corrected chi connectivity index (χ3v) is 18.8. The first kappa shape index (κ1) is 87.1. The van der Waals surface area contributed by atoms with E-state index in [0.717, 1.165) is 102 Å². The molecule has 0 bridgehead atoms. The molecule has 0 aromatic heterocycles. The largest absolute Gasteiger partial charge is 0.472 e. The van der Waals surface area contributed by atoms with Crippen molar-refractivity contribution in [3.05, 3.63) is 0 Å². The Morgan fingerprint density at radius 2 is 0.539 bits per heavy atom. The van der Waals surface area contributed by atoms with Crippen molar-refractivity contribution in [2.45, 2.75) is 374 Å². The van der Waals surface area contributed by atoms with Crippen LogP contribution in [0.2, 0.25) is 0 Å². The normalized spacial score (nSPS) is 14.8.